The van der Waals surface area contributed by atoms with Gasteiger partial charge in [0.1, 0.15) is 0 Å². The van der Waals surface area contributed by atoms with Crippen molar-refractivity contribution < 1.29 is 4.74 Å². The lowest BCUT2D eigenvalue weighted by molar-refractivity contribution is 0.277. The number of ether oxygens (including phenoxy) is 1. The Morgan fingerprint density at radius 2 is 1.05 bits per heavy atom. The van der Waals surface area contributed by atoms with Gasteiger partial charge in [-0.3, -0.25) is 9.97 Å². The summed E-state index contributed by atoms with van der Waals surface area (Å²) in [6.45, 7) is 8.04. The smallest absolute Gasteiger partial charge is 0.0351 e. The maximum Gasteiger partial charge on any atom is 0.0351 e. The molecular weight excluding hydrogens is 260 g/mol. The second-order valence-electron chi connectivity index (χ2n) is 3.47. The lowest BCUT2D eigenvalue weighted by atomic mass is 10.3. The molecule has 3 nitrogen and oxygen atoms in total. The molecule has 3 heteroatoms. The molecule has 0 amide bonds. The van der Waals surface area contributed by atoms with Crippen molar-refractivity contribution in [2.24, 2.45) is 0 Å². The minimum Gasteiger partial charge on any atom is -0.388 e. The Labute approximate surface area is 132 Å². The Morgan fingerprint density at radius 3 is 1.14 bits per heavy atom. The third-order valence-corrected chi connectivity index (χ3v) is 1.62. The Morgan fingerprint density at radius 1 is 0.762 bits per heavy atom. The zero-order valence-corrected chi connectivity index (χ0v) is 12.9. The molecule has 0 saturated carbocycles. The fraction of sp³-hybridized carbons (Fsp3) is 0.444. The number of rotatable bonds is 0. The third-order valence-electron chi connectivity index (χ3n) is 1.62. The topological polar surface area (TPSA) is 35.0 Å². The first-order valence-electron chi connectivity index (χ1n) is 6.34. The van der Waals surface area contributed by atoms with E-state index >= 15 is 0 Å². The fourth-order valence-corrected chi connectivity index (χ4v) is 0.896. The van der Waals surface area contributed by atoms with E-state index in [2.05, 4.69) is 14.7 Å². The van der Waals surface area contributed by atoms with Gasteiger partial charge in [-0.05, 0) is 37.1 Å². The summed E-state index contributed by atoms with van der Waals surface area (Å²) in [7, 11) is 3.25. The second-order valence-corrected chi connectivity index (χ2v) is 3.47. The number of methoxy groups -OCH3 is 1. The molecule has 0 fully saturated rings. The monoisotopic (exact) mass is 294 g/mol. The van der Waals surface area contributed by atoms with Gasteiger partial charge in [0.2, 0.25) is 0 Å². The Hall–Kier alpha value is -1.74. The van der Waals surface area contributed by atoms with Gasteiger partial charge < -0.3 is 4.74 Å². The number of aromatic nitrogens is 2. The minimum absolute atomic E-state index is 0. The van der Waals surface area contributed by atoms with Gasteiger partial charge in [0.25, 0.3) is 0 Å². The molecule has 0 unspecified atom stereocenters. The standard InChI is InChI=1S/2C6H7N.C2H6O.C2H6.2CH4/c2*1-6-3-2-4-7-5-6;1-3-2;1-2;;/h2*2-5H,1H3;1-2H3;1-2H3;2*1H4. The third kappa shape index (κ3) is 23.7. The number of aryl methyl sites for hydroxylation is 2. The maximum absolute atomic E-state index is 4.25. The van der Waals surface area contributed by atoms with Crippen molar-refractivity contribution in [2.45, 2.75) is 42.5 Å². The SMILES string of the molecule is C.C.CC.COC.Cc1cccnc1.Cc1cccnc1. The highest BCUT2D eigenvalue weighted by atomic mass is 16.4. The van der Waals surface area contributed by atoms with Gasteiger partial charge in [0.05, 0.1) is 0 Å². The van der Waals surface area contributed by atoms with Crippen molar-refractivity contribution in [3.05, 3.63) is 60.2 Å². The summed E-state index contributed by atoms with van der Waals surface area (Å²) >= 11 is 0. The molecular formula is C18H34N2O. The highest BCUT2D eigenvalue weighted by molar-refractivity contribution is 5.05. The van der Waals surface area contributed by atoms with Crippen LogP contribution in [0.2, 0.25) is 0 Å². The predicted octanol–water partition coefficient (Wildman–Crippen LogP) is 5.34. The molecule has 2 aromatic rings. The number of hydrogen-bond donors (Lipinski definition) is 0. The molecule has 122 valence electrons. The largest absolute Gasteiger partial charge is 0.388 e. The molecule has 21 heavy (non-hydrogen) atoms. The van der Waals surface area contributed by atoms with Gasteiger partial charge in [-0.25, -0.2) is 0 Å². The van der Waals surface area contributed by atoms with E-state index in [9.17, 15) is 0 Å². The fourth-order valence-electron chi connectivity index (χ4n) is 0.896. The second kappa shape index (κ2) is 23.4. The van der Waals surface area contributed by atoms with Gasteiger partial charge in [0, 0.05) is 39.0 Å². The summed E-state index contributed by atoms with van der Waals surface area (Å²) in [5, 5.41) is 0. The summed E-state index contributed by atoms with van der Waals surface area (Å²) < 4.78 is 4.25. The summed E-state index contributed by atoms with van der Waals surface area (Å²) in [5.74, 6) is 0. The first-order valence-corrected chi connectivity index (χ1v) is 6.34. The summed E-state index contributed by atoms with van der Waals surface area (Å²) in [6, 6.07) is 7.89. The zero-order valence-electron chi connectivity index (χ0n) is 12.9. The van der Waals surface area contributed by atoms with Crippen LogP contribution >= 0.6 is 0 Å². The van der Waals surface area contributed by atoms with Crippen molar-refractivity contribution in [1.82, 2.24) is 9.97 Å². The van der Waals surface area contributed by atoms with E-state index in [-0.39, 0.29) is 14.9 Å². The zero-order chi connectivity index (χ0) is 14.9. The van der Waals surface area contributed by atoms with Crippen LogP contribution < -0.4 is 0 Å². The first kappa shape index (κ1) is 27.6. The average molecular weight is 294 g/mol. The molecule has 0 saturated heterocycles. The molecule has 0 aliphatic rings. The van der Waals surface area contributed by atoms with Crippen molar-refractivity contribution in [3.8, 4) is 0 Å². The Balaban J connectivity index is -0.0000000989. The van der Waals surface area contributed by atoms with Crippen molar-refractivity contribution in [1.29, 1.82) is 0 Å². The number of hydrogen-bond acceptors (Lipinski definition) is 3. The lowest BCUT2D eigenvalue weighted by Gasteiger charge is -1.82. The Bertz CT molecular complexity index is 326. The molecule has 0 radical (unpaired) electrons. The van der Waals surface area contributed by atoms with Crippen molar-refractivity contribution in [3.63, 3.8) is 0 Å². The van der Waals surface area contributed by atoms with E-state index in [4.69, 9.17) is 0 Å². The van der Waals surface area contributed by atoms with Gasteiger partial charge >= 0.3 is 0 Å². The van der Waals surface area contributed by atoms with Gasteiger partial charge in [0.15, 0.2) is 0 Å². The minimum atomic E-state index is 0. The van der Waals surface area contributed by atoms with E-state index in [1.54, 1.807) is 26.6 Å². The number of nitrogens with zero attached hydrogens (tertiary/aromatic N) is 2. The predicted molar refractivity (Wildman–Crippen MR) is 95.7 cm³/mol. The lowest BCUT2D eigenvalue weighted by Crippen LogP contribution is -1.69. The van der Waals surface area contributed by atoms with Crippen LogP contribution in [-0.4, -0.2) is 24.2 Å². The van der Waals surface area contributed by atoms with Crippen LogP contribution in [0.15, 0.2) is 49.1 Å². The molecule has 0 N–H and O–H groups in total. The quantitative estimate of drug-likeness (QED) is 0.657. The number of pyridine rings is 2. The van der Waals surface area contributed by atoms with Crippen molar-refractivity contribution >= 4 is 0 Å². The molecule has 0 aliphatic heterocycles. The van der Waals surface area contributed by atoms with Crippen LogP contribution in [0, 0.1) is 13.8 Å². The highest BCUT2D eigenvalue weighted by Gasteiger charge is 1.73. The average Bonchev–Trinajstić information content (AvgIpc) is 2.44. The van der Waals surface area contributed by atoms with Crippen LogP contribution in [0.25, 0.3) is 0 Å². The normalized spacial score (nSPS) is 6.95. The van der Waals surface area contributed by atoms with E-state index in [1.165, 1.54) is 11.1 Å². The van der Waals surface area contributed by atoms with E-state index < -0.39 is 0 Å². The Kier molecular flexibility index (Phi) is 30.7. The van der Waals surface area contributed by atoms with E-state index in [0.717, 1.165) is 0 Å². The van der Waals surface area contributed by atoms with Gasteiger partial charge in [-0.1, -0.05) is 40.8 Å². The molecule has 0 atom stereocenters. The van der Waals surface area contributed by atoms with E-state index in [0.29, 0.717) is 0 Å². The van der Waals surface area contributed by atoms with Crippen LogP contribution in [0.1, 0.15) is 39.8 Å². The summed E-state index contributed by atoms with van der Waals surface area (Å²) in [5.41, 5.74) is 2.42. The van der Waals surface area contributed by atoms with Crippen LogP contribution in [0.3, 0.4) is 0 Å². The molecule has 2 heterocycles. The van der Waals surface area contributed by atoms with Crippen molar-refractivity contribution in [2.75, 3.05) is 14.2 Å². The molecule has 0 spiro atoms. The van der Waals surface area contributed by atoms with Crippen LogP contribution in [0.4, 0.5) is 0 Å². The van der Waals surface area contributed by atoms with Gasteiger partial charge in [-0.15, -0.1) is 0 Å². The summed E-state index contributed by atoms with van der Waals surface area (Å²) in [4.78, 5) is 7.77. The van der Waals surface area contributed by atoms with Crippen LogP contribution in [0.5, 0.6) is 0 Å². The van der Waals surface area contributed by atoms with Gasteiger partial charge in [-0.2, -0.15) is 0 Å². The molecule has 0 aromatic carbocycles. The molecule has 0 aliphatic carbocycles. The maximum atomic E-state index is 4.25. The first-order chi connectivity index (χ1) is 9.20. The summed E-state index contributed by atoms with van der Waals surface area (Å²) in [6.07, 6.45) is 7.21. The van der Waals surface area contributed by atoms with E-state index in [1.807, 2.05) is 64.4 Å². The van der Waals surface area contributed by atoms with Crippen LogP contribution in [-0.2, 0) is 4.74 Å². The molecule has 2 aromatic heterocycles. The highest BCUT2D eigenvalue weighted by Crippen LogP contribution is 1.88. The molecule has 2 rings (SSSR count). The molecule has 0 bridgehead atoms.